The highest BCUT2D eigenvalue weighted by atomic mass is 32.2. The molecule has 130 valence electrons. The Balaban J connectivity index is 1.72. The second-order valence-corrected chi connectivity index (χ2v) is 7.53. The van der Waals surface area contributed by atoms with E-state index in [1.807, 2.05) is 14.1 Å². The van der Waals surface area contributed by atoms with Gasteiger partial charge < -0.3 is 9.08 Å². The molecule has 1 fully saturated rings. The molecule has 1 rings (SSSR count). The van der Waals surface area contributed by atoms with Crippen molar-refractivity contribution in [1.82, 2.24) is 4.90 Å². The third-order valence-electron chi connectivity index (χ3n) is 4.37. The van der Waals surface area contributed by atoms with Gasteiger partial charge in [-0.2, -0.15) is 0 Å². The van der Waals surface area contributed by atoms with Gasteiger partial charge in [0.25, 0.3) is 0 Å². The van der Waals surface area contributed by atoms with E-state index in [0.29, 0.717) is 12.5 Å². The minimum absolute atomic E-state index is 0.261. The molecule has 0 aliphatic heterocycles. The molecule has 0 bridgehead atoms. The van der Waals surface area contributed by atoms with Crippen LogP contribution in [0.1, 0.15) is 83.5 Å². The van der Waals surface area contributed by atoms with Crippen molar-refractivity contribution < 1.29 is 8.98 Å². The number of hydrogen-bond acceptors (Lipinski definition) is 3. The van der Waals surface area contributed by atoms with Crippen LogP contribution in [0, 0.1) is 0 Å². The standard InChI is InChI=1S/C18H35NO2S/c1-19(2)18(20)15-9-7-5-3-4-6-8-12-16-22-21-17-13-10-11-14-17/h17H,3-16H2,1-2H3. The molecule has 0 unspecified atom stereocenters. The van der Waals surface area contributed by atoms with Gasteiger partial charge in [0, 0.05) is 26.3 Å². The molecule has 0 heterocycles. The minimum atomic E-state index is 0.261. The first-order chi connectivity index (χ1) is 10.7. The third kappa shape index (κ3) is 10.5. The molecule has 0 atom stereocenters. The van der Waals surface area contributed by atoms with Gasteiger partial charge in [0.1, 0.15) is 0 Å². The van der Waals surface area contributed by atoms with Gasteiger partial charge in [0.15, 0.2) is 0 Å². The maximum absolute atomic E-state index is 11.4. The van der Waals surface area contributed by atoms with E-state index in [0.717, 1.165) is 12.2 Å². The van der Waals surface area contributed by atoms with Gasteiger partial charge >= 0.3 is 0 Å². The normalized spacial score (nSPS) is 15.4. The van der Waals surface area contributed by atoms with E-state index in [1.54, 1.807) is 16.9 Å². The van der Waals surface area contributed by atoms with E-state index in [2.05, 4.69) is 0 Å². The first-order valence-corrected chi connectivity index (χ1v) is 10.1. The molecule has 0 spiro atoms. The Morgan fingerprint density at radius 2 is 1.50 bits per heavy atom. The Labute approximate surface area is 141 Å². The molecule has 0 aromatic heterocycles. The molecule has 1 aliphatic carbocycles. The maximum Gasteiger partial charge on any atom is 0.222 e. The van der Waals surface area contributed by atoms with Crippen molar-refractivity contribution in [2.24, 2.45) is 0 Å². The molecule has 0 aromatic carbocycles. The summed E-state index contributed by atoms with van der Waals surface area (Å²) in [6.07, 6.45) is 16.7. The van der Waals surface area contributed by atoms with Crippen molar-refractivity contribution in [2.45, 2.75) is 89.6 Å². The van der Waals surface area contributed by atoms with Gasteiger partial charge in [-0.15, -0.1) is 0 Å². The predicted molar refractivity (Wildman–Crippen MR) is 96.0 cm³/mol. The fourth-order valence-electron chi connectivity index (χ4n) is 2.85. The van der Waals surface area contributed by atoms with E-state index >= 15 is 0 Å². The van der Waals surface area contributed by atoms with Crippen molar-refractivity contribution in [3.8, 4) is 0 Å². The molecule has 4 heteroatoms. The molecule has 0 radical (unpaired) electrons. The van der Waals surface area contributed by atoms with E-state index in [4.69, 9.17) is 4.18 Å². The quantitative estimate of drug-likeness (QED) is 0.344. The summed E-state index contributed by atoms with van der Waals surface area (Å²) in [5.41, 5.74) is 0. The van der Waals surface area contributed by atoms with Gasteiger partial charge in [0.05, 0.1) is 6.10 Å². The Morgan fingerprint density at radius 3 is 2.09 bits per heavy atom. The zero-order valence-electron chi connectivity index (χ0n) is 14.6. The highest BCUT2D eigenvalue weighted by Gasteiger charge is 2.15. The van der Waals surface area contributed by atoms with Crippen LogP contribution in [-0.4, -0.2) is 36.8 Å². The topological polar surface area (TPSA) is 29.5 Å². The van der Waals surface area contributed by atoms with Crippen molar-refractivity contribution >= 4 is 17.9 Å². The van der Waals surface area contributed by atoms with E-state index in [9.17, 15) is 4.79 Å². The number of hydrogen-bond donors (Lipinski definition) is 0. The van der Waals surface area contributed by atoms with Crippen LogP contribution in [0.5, 0.6) is 0 Å². The van der Waals surface area contributed by atoms with Crippen LogP contribution in [-0.2, 0) is 8.98 Å². The first kappa shape index (κ1) is 19.8. The van der Waals surface area contributed by atoms with Gasteiger partial charge in [0.2, 0.25) is 5.91 Å². The molecule has 0 saturated heterocycles. The Hall–Kier alpha value is -0.220. The lowest BCUT2D eigenvalue weighted by atomic mass is 10.1. The zero-order valence-corrected chi connectivity index (χ0v) is 15.5. The summed E-state index contributed by atoms with van der Waals surface area (Å²) < 4.78 is 5.80. The number of rotatable bonds is 13. The van der Waals surface area contributed by atoms with Crippen molar-refractivity contribution in [3.63, 3.8) is 0 Å². The van der Waals surface area contributed by atoms with Crippen molar-refractivity contribution in [2.75, 3.05) is 19.8 Å². The number of nitrogens with zero attached hydrogens (tertiary/aromatic N) is 1. The van der Waals surface area contributed by atoms with Crippen LogP contribution in [0.4, 0.5) is 0 Å². The summed E-state index contributed by atoms with van der Waals surface area (Å²) in [6.45, 7) is 0. The summed E-state index contributed by atoms with van der Waals surface area (Å²) >= 11 is 1.69. The summed E-state index contributed by atoms with van der Waals surface area (Å²) in [7, 11) is 3.67. The second kappa shape index (κ2) is 13.2. The number of carbonyl (C=O) groups excluding carboxylic acids is 1. The van der Waals surface area contributed by atoms with Crippen LogP contribution >= 0.6 is 12.0 Å². The SMILES string of the molecule is CN(C)C(=O)CCCCCCCCCCSOC1CCCC1. The summed E-state index contributed by atoms with van der Waals surface area (Å²) in [4.78, 5) is 13.1. The van der Waals surface area contributed by atoms with Gasteiger partial charge in [-0.3, -0.25) is 4.79 Å². The molecule has 22 heavy (non-hydrogen) atoms. The molecule has 1 amide bonds. The lowest BCUT2D eigenvalue weighted by Crippen LogP contribution is -2.20. The molecule has 1 saturated carbocycles. The maximum atomic E-state index is 11.4. The number of carbonyl (C=O) groups is 1. The Bertz CT molecular complexity index is 278. The number of unbranched alkanes of at least 4 members (excludes halogenated alkanes) is 7. The summed E-state index contributed by atoms with van der Waals surface area (Å²) in [5, 5.41) is 0. The van der Waals surface area contributed by atoms with Crippen molar-refractivity contribution in [3.05, 3.63) is 0 Å². The molecular weight excluding hydrogens is 294 g/mol. The molecule has 0 aromatic rings. The van der Waals surface area contributed by atoms with Crippen LogP contribution < -0.4 is 0 Å². The average molecular weight is 330 g/mol. The summed E-state index contributed by atoms with van der Waals surface area (Å²) in [5.74, 6) is 1.42. The van der Waals surface area contributed by atoms with Crippen LogP contribution in [0.2, 0.25) is 0 Å². The predicted octanol–water partition coefficient (Wildman–Crippen LogP) is 5.19. The molecular formula is C18H35NO2S. The smallest absolute Gasteiger partial charge is 0.222 e. The number of amides is 1. The van der Waals surface area contributed by atoms with E-state index in [-0.39, 0.29) is 5.91 Å². The molecule has 0 N–H and O–H groups in total. The zero-order chi connectivity index (χ0) is 16.0. The largest absolute Gasteiger partial charge is 0.349 e. The first-order valence-electron chi connectivity index (χ1n) is 9.18. The van der Waals surface area contributed by atoms with E-state index < -0.39 is 0 Å². The third-order valence-corrected chi connectivity index (χ3v) is 5.24. The fraction of sp³-hybridized carbons (Fsp3) is 0.944. The van der Waals surface area contributed by atoms with E-state index in [1.165, 1.54) is 70.6 Å². The minimum Gasteiger partial charge on any atom is -0.349 e. The highest BCUT2D eigenvalue weighted by Crippen LogP contribution is 2.25. The van der Waals surface area contributed by atoms with Crippen LogP contribution in [0.3, 0.4) is 0 Å². The van der Waals surface area contributed by atoms with Gasteiger partial charge in [-0.1, -0.05) is 51.4 Å². The lowest BCUT2D eigenvalue weighted by Gasteiger charge is -2.09. The van der Waals surface area contributed by atoms with Crippen LogP contribution in [0.15, 0.2) is 0 Å². The van der Waals surface area contributed by atoms with Crippen molar-refractivity contribution in [1.29, 1.82) is 0 Å². The monoisotopic (exact) mass is 329 g/mol. The molecule has 3 nitrogen and oxygen atoms in total. The fourth-order valence-corrected chi connectivity index (χ4v) is 3.65. The summed E-state index contributed by atoms with van der Waals surface area (Å²) in [6, 6.07) is 0. The van der Waals surface area contributed by atoms with Gasteiger partial charge in [-0.05, 0) is 37.7 Å². The van der Waals surface area contributed by atoms with Crippen LogP contribution in [0.25, 0.3) is 0 Å². The average Bonchev–Trinajstić information content (AvgIpc) is 3.01. The lowest BCUT2D eigenvalue weighted by molar-refractivity contribution is -0.128. The Kier molecular flexibility index (Phi) is 11.9. The van der Waals surface area contributed by atoms with Gasteiger partial charge in [-0.25, -0.2) is 0 Å². The second-order valence-electron chi connectivity index (χ2n) is 6.69. The Morgan fingerprint density at radius 1 is 0.955 bits per heavy atom. The molecule has 1 aliphatic rings. The highest BCUT2D eigenvalue weighted by molar-refractivity contribution is 7.94.